The summed E-state index contributed by atoms with van der Waals surface area (Å²) in [5.41, 5.74) is 5.56. The van der Waals surface area contributed by atoms with Crippen LogP contribution in [0.15, 0.2) is 54.2 Å². The third-order valence-corrected chi connectivity index (χ3v) is 3.85. The summed E-state index contributed by atoms with van der Waals surface area (Å²) in [6.45, 7) is 0. The molecule has 2 heterocycles. The Morgan fingerprint density at radius 3 is 2.64 bits per heavy atom. The van der Waals surface area contributed by atoms with E-state index < -0.39 is 0 Å². The van der Waals surface area contributed by atoms with E-state index in [2.05, 4.69) is 10.6 Å². The molecular weight excluding hydrogens is 276 g/mol. The minimum atomic E-state index is -0.110. The highest BCUT2D eigenvalue weighted by molar-refractivity contribution is 6.33. The monoisotopic (exact) mass is 288 g/mol. The van der Waals surface area contributed by atoms with E-state index in [9.17, 15) is 9.59 Å². The highest BCUT2D eigenvalue weighted by atomic mass is 16.2. The average Bonchev–Trinajstić information content (AvgIpc) is 2.89. The molecule has 2 aromatic carbocycles. The molecule has 4 heteroatoms. The quantitative estimate of drug-likeness (QED) is 0.625. The summed E-state index contributed by atoms with van der Waals surface area (Å²) in [5.74, 6) is -0.110. The van der Waals surface area contributed by atoms with Gasteiger partial charge in [-0.2, -0.15) is 0 Å². The molecule has 0 radical (unpaired) electrons. The lowest BCUT2D eigenvalue weighted by Gasteiger charge is -2.17. The number of carbonyl (C=O) groups is 2. The normalized spacial score (nSPS) is 18.3. The Balaban J connectivity index is 1.83. The number of benzene rings is 2. The number of nitrogens with one attached hydrogen (secondary N) is 2. The third-order valence-electron chi connectivity index (χ3n) is 3.85. The lowest BCUT2D eigenvalue weighted by Crippen LogP contribution is -2.11. The number of aldehydes is 1. The fraction of sp³-hybridized carbons (Fsp3) is 0. The first kappa shape index (κ1) is 12.6. The van der Waals surface area contributed by atoms with Crippen molar-refractivity contribution < 1.29 is 9.59 Å². The standard InChI is InChI=1S/C18H12N2O2/c21-10-11-5-7-14-12(9-11)6-8-16(19-14)17-13-3-1-2-4-15(13)20-18(17)22/h1-10,19H,(H,20,22)/b17-16-. The van der Waals surface area contributed by atoms with E-state index in [-0.39, 0.29) is 5.91 Å². The topological polar surface area (TPSA) is 58.2 Å². The van der Waals surface area contributed by atoms with Crippen molar-refractivity contribution in [3.8, 4) is 0 Å². The molecule has 0 atom stereocenters. The smallest absolute Gasteiger partial charge is 0.258 e. The number of carbonyl (C=O) groups excluding carboxylic acids is 2. The number of hydrogen-bond acceptors (Lipinski definition) is 3. The second kappa shape index (κ2) is 4.70. The van der Waals surface area contributed by atoms with Crippen LogP contribution < -0.4 is 10.6 Å². The summed E-state index contributed by atoms with van der Waals surface area (Å²) in [4.78, 5) is 23.1. The van der Waals surface area contributed by atoms with Crippen LogP contribution in [-0.4, -0.2) is 12.2 Å². The summed E-state index contributed by atoms with van der Waals surface area (Å²) >= 11 is 0. The molecule has 2 aliphatic heterocycles. The van der Waals surface area contributed by atoms with E-state index in [0.717, 1.165) is 34.5 Å². The van der Waals surface area contributed by atoms with Gasteiger partial charge in [0.05, 0.1) is 11.3 Å². The van der Waals surface area contributed by atoms with Gasteiger partial charge in [0.1, 0.15) is 6.29 Å². The van der Waals surface area contributed by atoms with Crippen LogP contribution in [-0.2, 0) is 4.79 Å². The summed E-state index contributed by atoms with van der Waals surface area (Å²) in [6, 6.07) is 13.0. The maximum absolute atomic E-state index is 12.3. The lowest BCUT2D eigenvalue weighted by molar-refractivity contribution is -0.110. The average molecular weight is 288 g/mol. The molecule has 106 valence electrons. The Hall–Kier alpha value is -3.14. The van der Waals surface area contributed by atoms with Crippen molar-refractivity contribution in [1.29, 1.82) is 0 Å². The van der Waals surface area contributed by atoms with Gasteiger partial charge in [0, 0.05) is 22.5 Å². The summed E-state index contributed by atoms with van der Waals surface area (Å²) in [5, 5.41) is 6.15. The molecule has 2 aliphatic rings. The molecule has 4 nitrogen and oxygen atoms in total. The summed E-state index contributed by atoms with van der Waals surface area (Å²) < 4.78 is 0. The van der Waals surface area contributed by atoms with Gasteiger partial charge in [0.15, 0.2) is 0 Å². The lowest BCUT2D eigenvalue weighted by atomic mass is 10.00. The summed E-state index contributed by atoms with van der Waals surface area (Å²) in [7, 11) is 0. The van der Waals surface area contributed by atoms with Gasteiger partial charge in [-0.3, -0.25) is 9.59 Å². The van der Waals surface area contributed by atoms with Crippen LogP contribution >= 0.6 is 0 Å². The minimum Gasteiger partial charge on any atom is -0.354 e. The van der Waals surface area contributed by atoms with Gasteiger partial charge in [-0.05, 0) is 35.9 Å². The van der Waals surface area contributed by atoms with Gasteiger partial charge < -0.3 is 10.6 Å². The molecule has 22 heavy (non-hydrogen) atoms. The van der Waals surface area contributed by atoms with Gasteiger partial charge in [-0.15, -0.1) is 0 Å². The fourth-order valence-electron chi connectivity index (χ4n) is 2.80. The second-order valence-corrected chi connectivity index (χ2v) is 5.21. The van der Waals surface area contributed by atoms with Crippen LogP contribution in [0.4, 0.5) is 11.4 Å². The highest BCUT2D eigenvalue weighted by Gasteiger charge is 2.27. The number of allylic oxidation sites excluding steroid dienone is 1. The molecule has 0 saturated carbocycles. The molecule has 2 aromatic rings. The largest absolute Gasteiger partial charge is 0.354 e. The summed E-state index contributed by atoms with van der Waals surface area (Å²) in [6.07, 6.45) is 4.60. The number of para-hydroxylation sites is 1. The predicted molar refractivity (Wildman–Crippen MR) is 86.5 cm³/mol. The van der Waals surface area contributed by atoms with E-state index in [1.54, 1.807) is 6.07 Å². The first-order chi connectivity index (χ1) is 10.8. The maximum atomic E-state index is 12.3. The molecule has 0 aliphatic carbocycles. The van der Waals surface area contributed by atoms with Crippen LogP contribution in [0.25, 0.3) is 11.6 Å². The van der Waals surface area contributed by atoms with Crippen molar-refractivity contribution in [1.82, 2.24) is 0 Å². The zero-order chi connectivity index (χ0) is 15.1. The molecule has 0 aromatic heterocycles. The zero-order valence-corrected chi connectivity index (χ0v) is 11.6. The van der Waals surface area contributed by atoms with Crippen LogP contribution in [0, 0.1) is 0 Å². The highest BCUT2D eigenvalue weighted by Crippen LogP contribution is 2.36. The van der Waals surface area contributed by atoms with Crippen LogP contribution in [0.2, 0.25) is 0 Å². The first-order valence-electron chi connectivity index (χ1n) is 6.95. The Labute approximate surface area is 127 Å². The molecule has 0 spiro atoms. The number of anilines is 2. The molecule has 4 rings (SSSR count). The van der Waals surface area contributed by atoms with Crippen LogP contribution in [0.1, 0.15) is 21.5 Å². The predicted octanol–water partition coefficient (Wildman–Crippen LogP) is 3.30. The fourth-order valence-corrected chi connectivity index (χ4v) is 2.80. The van der Waals surface area contributed by atoms with E-state index in [0.29, 0.717) is 11.1 Å². The Kier molecular flexibility index (Phi) is 2.69. The number of hydrogen-bond donors (Lipinski definition) is 2. The molecule has 2 N–H and O–H groups in total. The Morgan fingerprint density at radius 1 is 0.909 bits per heavy atom. The van der Waals surface area contributed by atoms with Crippen LogP contribution in [0.3, 0.4) is 0 Å². The van der Waals surface area contributed by atoms with Crippen LogP contribution in [0.5, 0.6) is 0 Å². The Morgan fingerprint density at radius 2 is 1.77 bits per heavy atom. The van der Waals surface area contributed by atoms with Crippen molar-refractivity contribution in [2.75, 3.05) is 10.6 Å². The maximum Gasteiger partial charge on any atom is 0.258 e. The van der Waals surface area contributed by atoms with E-state index in [1.807, 2.05) is 48.6 Å². The Bertz CT molecular complexity index is 878. The molecule has 0 bridgehead atoms. The van der Waals surface area contributed by atoms with Crippen molar-refractivity contribution in [2.45, 2.75) is 0 Å². The molecule has 0 fully saturated rings. The molecular formula is C18H12N2O2. The van der Waals surface area contributed by atoms with Gasteiger partial charge in [-0.25, -0.2) is 0 Å². The third kappa shape index (κ3) is 1.85. The van der Waals surface area contributed by atoms with Gasteiger partial charge in [0.2, 0.25) is 0 Å². The van der Waals surface area contributed by atoms with Crippen molar-refractivity contribution in [3.05, 3.63) is 70.9 Å². The SMILES string of the molecule is O=Cc1ccc2c(c1)C=C/C(=C1/C(=O)Nc3ccccc31)N2. The number of rotatable bonds is 1. The van der Waals surface area contributed by atoms with E-state index in [1.165, 1.54) is 0 Å². The number of fused-ring (bicyclic) bond motifs is 2. The molecule has 0 unspecified atom stereocenters. The van der Waals surface area contributed by atoms with Gasteiger partial charge in [0.25, 0.3) is 5.91 Å². The second-order valence-electron chi connectivity index (χ2n) is 5.21. The molecule has 0 saturated heterocycles. The van der Waals surface area contributed by atoms with Gasteiger partial charge in [-0.1, -0.05) is 24.3 Å². The number of amides is 1. The van der Waals surface area contributed by atoms with E-state index >= 15 is 0 Å². The first-order valence-corrected chi connectivity index (χ1v) is 6.95. The zero-order valence-electron chi connectivity index (χ0n) is 11.6. The minimum absolute atomic E-state index is 0.110. The van der Waals surface area contributed by atoms with Crippen molar-refractivity contribution in [3.63, 3.8) is 0 Å². The molecule has 1 amide bonds. The van der Waals surface area contributed by atoms with E-state index in [4.69, 9.17) is 0 Å². The van der Waals surface area contributed by atoms with Crippen molar-refractivity contribution >= 4 is 35.2 Å². The van der Waals surface area contributed by atoms with Crippen molar-refractivity contribution in [2.24, 2.45) is 0 Å². The van der Waals surface area contributed by atoms with Gasteiger partial charge >= 0.3 is 0 Å².